The van der Waals surface area contributed by atoms with Gasteiger partial charge in [0, 0.05) is 11.3 Å². The standard InChI is InChI=1S/C16H18N4O3/c1-23-14-7-6-10(8-13(14)21)9-17-20-16(22)15-11-4-2-3-5-12(11)18-19-15/h6-9,21H,2-5H2,1H3,(H,18,19)(H,20,22)/b17-9-. The van der Waals surface area contributed by atoms with Gasteiger partial charge in [-0.05, 0) is 49.4 Å². The number of fused-ring (bicyclic) bond motifs is 1. The normalized spacial score (nSPS) is 13.8. The van der Waals surface area contributed by atoms with Gasteiger partial charge in [-0.1, -0.05) is 0 Å². The summed E-state index contributed by atoms with van der Waals surface area (Å²) in [4.78, 5) is 12.2. The molecule has 7 heteroatoms. The molecule has 2 aromatic rings. The second-order valence-corrected chi connectivity index (χ2v) is 5.37. The lowest BCUT2D eigenvalue weighted by molar-refractivity contribution is 0.0949. The number of aromatic nitrogens is 2. The second-order valence-electron chi connectivity index (χ2n) is 5.37. The average molecular weight is 314 g/mol. The maximum atomic E-state index is 12.2. The predicted octanol–water partition coefficient (Wildman–Crippen LogP) is 1.77. The van der Waals surface area contributed by atoms with Crippen molar-refractivity contribution in [1.82, 2.24) is 15.6 Å². The number of aromatic hydroxyl groups is 1. The summed E-state index contributed by atoms with van der Waals surface area (Å²) in [5.41, 5.74) is 5.56. The SMILES string of the molecule is COc1ccc(/C=N\NC(=O)c2n[nH]c3c2CCCC3)cc1O. The third-order valence-electron chi connectivity index (χ3n) is 3.85. The lowest BCUT2D eigenvalue weighted by Crippen LogP contribution is -2.20. The molecule has 0 saturated heterocycles. The van der Waals surface area contributed by atoms with Crippen molar-refractivity contribution in [3.05, 3.63) is 40.7 Å². The summed E-state index contributed by atoms with van der Waals surface area (Å²) >= 11 is 0. The Hall–Kier alpha value is -2.83. The molecule has 3 N–H and O–H groups in total. The number of aromatic amines is 1. The van der Waals surface area contributed by atoms with Gasteiger partial charge in [-0.2, -0.15) is 10.2 Å². The van der Waals surface area contributed by atoms with Gasteiger partial charge in [0.25, 0.3) is 5.91 Å². The highest BCUT2D eigenvalue weighted by atomic mass is 16.5. The summed E-state index contributed by atoms with van der Waals surface area (Å²) in [6.45, 7) is 0. The molecule has 0 atom stereocenters. The van der Waals surface area contributed by atoms with Crippen molar-refractivity contribution in [3.63, 3.8) is 0 Å². The fourth-order valence-electron chi connectivity index (χ4n) is 2.67. The number of carbonyl (C=O) groups is 1. The number of H-pyrrole nitrogens is 1. The number of hydrogen-bond acceptors (Lipinski definition) is 5. The van der Waals surface area contributed by atoms with Crippen LogP contribution in [0.1, 0.15) is 40.2 Å². The van der Waals surface area contributed by atoms with E-state index in [-0.39, 0.29) is 11.7 Å². The van der Waals surface area contributed by atoms with Gasteiger partial charge >= 0.3 is 0 Å². The van der Waals surface area contributed by atoms with E-state index in [0.717, 1.165) is 36.9 Å². The van der Waals surface area contributed by atoms with Crippen LogP contribution in [0.25, 0.3) is 0 Å². The van der Waals surface area contributed by atoms with E-state index in [1.165, 1.54) is 19.4 Å². The van der Waals surface area contributed by atoms with Crippen LogP contribution in [0.2, 0.25) is 0 Å². The number of ether oxygens (including phenoxy) is 1. The molecule has 0 bridgehead atoms. The summed E-state index contributed by atoms with van der Waals surface area (Å²) < 4.78 is 4.97. The first-order chi connectivity index (χ1) is 11.2. The largest absolute Gasteiger partial charge is 0.504 e. The average Bonchev–Trinajstić information content (AvgIpc) is 2.99. The molecule has 0 aliphatic heterocycles. The number of amides is 1. The van der Waals surface area contributed by atoms with Crippen molar-refractivity contribution in [2.24, 2.45) is 5.10 Å². The first-order valence-electron chi connectivity index (χ1n) is 7.45. The number of carbonyl (C=O) groups excluding carboxylic acids is 1. The number of nitrogens with zero attached hydrogens (tertiary/aromatic N) is 2. The summed E-state index contributed by atoms with van der Waals surface area (Å²) in [5.74, 6) is 0.0665. The molecule has 1 aromatic heterocycles. The number of hydrazone groups is 1. The Kier molecular flexibility index (Phi) is 4.27. The molecule has 3 rings (SSSR count). The Morgan fingerprint density at radius 1 is 1.43 bits per heavy atom. The second kappa shape index (κ2) is 6.51. The number of aryl methyl sites for hydroxylation is 1. The van der Waals surface area contributed by atoms with E-state index >= 15 is 0 Å². The van der Waals surface area contributed by atoms with Crippen LogP contribution in [-0.4, -0.2) is 34.5 Å². The minimum absolute atomic E-state index is 0.0177. The van der Waals surface area contributed by atoms with Crippen molar-refractivity contribution in [3.8, 4) is 11.5 Å². The van der Waals surface area contributed by atoms with E-state index in [2.05, 4.69) is 20.7 Å². The molecule has 0 saturated carbocycles. The molecule has 0 unspecified atom stereocenters. The van der Waals surface area contributed by atoms with Gasteiger partial charge in [-0.25, -0.2) is 5.43 Å². The van der Waals surface area contributed by atoms with Crippen LogP contribution in [0, 0.1) is 0 Å². The molecule has 0 spiro atoms. The predicted molar refractivity (Wildman–Crippen MR) is 84.9 cm³/mol. The van der Waals surface area contributed by atoms with Crippen molar-refractivity contribution in [2.45, 2.75) is 25.7 Å². The van der Waals surface area contributed by atoms with E-state index in [4.69, 9.17) is 4.74 Å². The van der Waals surface area contributed by atoms with Gasteiger partial charge in [0.2, 0.25) is 0 Å². The van der Waals surface area contributed by atoms with Gasteiger partial charge in [-0.15, -0.1) is 0 Å². The summed E-state index contributed by atoms with van der Waals surface area (Å²) in [6, 6.07) is 4.86. The van der Waals surface area contributed by atoms with Crippen LogP contribution in [0.15, 0.2) is 23.3 Å². The highest BCUT2D eigenvalue weighted by Crippen LogP contribution is 2.25. The maximum absolute atomic E-state index is 12.2. The number of hydrogen-bond donors (Lipinski definition) is 3. The topological polar surface area (TPSA) is 99.6 Å². The van der Waals surface area contributed by atoms with Crippen molar-refractivity contribution in [2.75, 3.05) is 7.11 Å². The summed E-state index contributed by atoms with van der Waals surface area (Å²) in [5, 5.41) is 20.6. The molecule has 1 amide bonds. The molecule has 1 aliphatic carbocycles. The molecule has 0 radical (unpaired) electrons. The van der Waals surface area contributed by atoms with E-state index in [1.807, 2.05) is 0 Å². The number of rotatable bonds is 4. The van der Waals surface area contributed by atoms with E-state index in [9.17, 15) is 9.90 Å². The van der Waals surface area contributed by atoms with Crippen LogP contribution in [0.4, 0.5) is 0 Å². The van der Waals surface area contributed by atoms with E-state index < -0.39 is 0 Å². The van der Waals surface area contributed by atoms with Gasteiger partial charge in [-0.3, -0.25) is 9.89 Å². The molecule has 1 aliphatic rings. The zero-order valence-corrected chi connectivity index (χ0v) is 12.8. The fourth-order valence-corrected chi connectivity index (χ4v) is 2.67. The minimum Gasteiger partial charge on any atom is -0.504 e. The number of methoxy groups -OCH3 is 1. The van der Waals surface area contributed by atoms with Crippen LogP contribution in [0.3, 0.4) is 0 Å². The van der Waals surface area contributed by atoms with Gasteiger partial charge in [0.05, 0.1) is 13.3 Å². The first kappa shape index (κ1) is 15.1. The molecule has 1 heterocycles. The highest BCUT2D eigenvalue weighted by Gasteiger charge is 2.21. The zero-order valence-electron chi connectivity index (χ0n) is 12.8. The lowest BCUT2D eigenvalue weighted by Gasteiger charge is -2.10. The van der Waals surface area contributed by atoms with E-state index in [0.29, 0.717) is 17.0 Å². The van der Waals surface area contributed by atoms with Crippen LogP contribution >= 0.6 is 0 Å². The molecular formula is C16H18N4O3. The molecule has 1 aromatic carbocycles. The van der Waals surface area contributed by atoms with Crippen molar-refractivity contribution in [1.29, 1.82) is 0 Å². The number of nitrogens with one attached hydrogen (secondary N) is 2. The number of phenols is 1. The Morgan fingerprint density at radius 3 is 3.04 bits per heavy atom. The number of benzene rings is 1. The third-order valence-corrected chi connectivity index (χ3v) is 3.85. The van der Waals surface area contributed by atoms with Crippen LogP contribution in [0.5, 0.6) is 11.5 Å². The minimum atomic E-state index is -0.335. The first-order valence-corrected chi connectivity index (χ1v) is 7.45. The Labute approximate surface area is 133 Å². The van der Waals surface area contributed by atoms with Gasteiger partial charge < -0.3 is 9.84 Å². The summed E-state index contributed by atoms with van der Waals surface area (Å²) in [7, 11) is 1.48. The molecule has 120 valence electrons. The lowest BCUT2D eigenvalue weighted by atomic mass is 9.96. The van der Waals surface area contributed by atoms with Gasteiger partial charge in [0.15, 0.2) is 17.2 Å². The van der Waals surface area contributed by atoms with Crippen LogP contribution < -0.4 is 10.2 Å². The van der Waals surface area contributed by atoms with Crippen molar-refractivity contribution < 1.29 is 14.6 Å². The molecule has 0 fully saturated rings. The fraction of sp³-hybridized carbons (Fsp3) is 0.312. The quantitative estimate of drug-likeness (QED) is 0.591. The molecule has 7 nitrogen and oxygen atoms in total. The smallest absolute Gasteiger partial charge is 0.292 e. The summed E-state index contributed by atoms with van der Waals surface area (Å²) in [6.07, 6.45) is 5.45. The van der Waals surface area contributed by atoms with Gasteiger partial charge in [0.1, 0.15) is 0 Å². The molecule has 23 heavy (non-hydrogen) atoms. The number of phenolic OH excluding ortho intramolecular Hbond substituents is 1. The monoisotopic (exact) mass is 314 g/mol. The Bertz CT molecular complexity index is 752. The van der Waals surface area contributed by atoms with Crippen LogP contribution in [-0.2, 0) is 12.8 Å². The molecular weight excluding hydrogens is 296 g/mol. The van der Waals surface area contributed by atoms with Crippen molar-refractivity contribution >= 4 is 12.1 Å². The Morgan fingerprint density at radius 2 is 2.26 bits per heavy atom. The zero-order chi connectivity index (χ0) is 16.2. The maximum Gasteiger partial charge on any atom is 0.292 e. The third kappa shape index (κ3) is 3.18. The Balaban J connectivity index is 1.67. The highest BCUT2D eigenvalue weighted by molar-refractivity contribution is 5.94. The van der Waals surface area contributed by atoms with E-state index in [1.54, 1.807) is 12.1 Å².